The van der Waals surface area contributed by atoms with Crippen LogP contribution in [0.5, 0.6) is 0 Å². The lowest BCUT2D eigenvalue weighted by Gasteiger charge is -2.30. The summed E-state index contributed by atoms with van der Waals surface area (Å²) in [6, 6.07) is 8.19. The van der Waals surface area contributed by atoms with Crippen molar-refractivity contribution in [2.24, 2.45) is 0 Å². The number of aromatic nitrogens is 2. The van der Waals surface area contributed by atoms with Crippen LogP contribution in [0.2, 0.25) is 0 Å². The van der Waals surface area contributed by atoms with E-state index in [4.69, 9.17) is 4.74 Å². The van der Waals surface area contributed by atoms with Crippen LogP contribution in [-0.4, -0.2) is 182 Å². The monoisotopic (exact) mass is 1790 g/mol. The molecule has 10 atom stereocenters. The zero-order valence-corrected chi connectivity index (χ0v) is 68.1. The molecule has 3 aromatic carbocycles. The molecule has 7 rings (SSSR count). The fourth-order valence-corrected chi connectivity index (χ4v) is 23.1. The van der Waals surface area contributed by atoms with Crippen molar-refractivity contribution in [1.29, 1.82) is 0 Å². The van der Waals surface area contributed by atoms with E-state index in [1.807, 2.05) is 4.98 Å². The molecule has 0 saturated carbocycles. The largest absolute Gasteiger partial charge is 0.490 e. The number of ether oxygens (including phenoxy) is 1. The van der Waals surface area contributed by atoms with E-state index in [-0.39, 0.29) is 86.8 Å². The number of aromatic amines is 1. The fraction of sp³-hybridized carbons (Fsp3) is 0.500. The van der Waals surface area contributed by atoms with E-state index in [0.29, 0.717) is 72.1 Å². The van der Waals surface area contributed by atoms with E-state index in [1.165, 1.54) is 31.2 Å². The van der Waals surface area contributed by atoms with Crippen LogP contribution >= 0.6 is 46.9 Å². The van der Waals surface area contributed by atoms with Gasteiger partial charge in [-0.05, 0) is 113 Å². The van der Waals surface area contributed by atoms with Gasteiger partial charge in [-0.2, -0.15) is 68.2 Å². The molecule has 622 valence electrons. The molecule has 7 unspecified atom stereocenters. The lowest BCUT2D eigenvalue weighted by atomic mass is 9.77. The van der Waals surface area contributed by atoms with Crippen LogP contribution in [-0.2, 0) is 129 Å². The number of phosphoric acid groups is 6. The number of hydrogen-bond donors (Lipinski definition) is 14. The van der Waals surface area contributed by atoms with Crippen molar-refractivity contribution in [3.63, 3.8) is 0 Å². The highest BCUT2D eigenvalue weighted by molar-refractivity contribution is 7.87. The minimum absolute atomic E-state index is 0.0160. The number of aliphatic hydroxyl groups is 1. The van der Waals surface area contributed by atoms with Crippen LogP contribution in [0.25, 0.3) is 10.8 Å². The van der Waals surface area contributed by atoms with Crippen molar-refractivity contribution in [3.05, 3.63) is 122 Å². The SMILES string of the molecule is Cc1cn([C@H]2C[C@H](O)[C@@H](COP(=O)(O)OP(=O)(O)OP(=O)(O)OP(=O)(O)OP(=O)(O)OP(=O)(O)OCCCCCCNC(=O)CCCCCC3(C)C(=CC=CC=CC4=[N+](CCCS(=O)(=O)O)c5ccc6c(S(=O)(=O)O)cc(S(=O)(=O)O)cc6c5C4(C)C)N(CCCS(=O)(=O)O)c4ccc(S(=O)(=O)O)cc43)O2)c(=O)[nH]c1=O. The summed E-state index contributed by atoms with van der Waals surface area (Å²) in [7, 11) is -61.6. The quantitative estimate of drug-likeness (QED) is 0.00778. The van der Waals surface area contributed by atoms with E-state index in [9.17, 15) is 141 Å². The first-order valence-corrected chi connectivity index (χ1v) is 49.1. The van der Waals surface area contributed by atoms with E-state index in [2.05, 4.69) is 35.9 Å². The van der Waals surface area contributed by atoms with Gasteiger partial charge in [-0.15, -0.1) is 0 Å². The molecule has 44 nitrogen and oxygen atoms in total. The molecule has 0 aliphatic carbocycles. The number of carbonyl (C=O) groups is 1. The molecular weight excluding hydrogens is 1710 g/mol. The molecule has 111 heavy (non-hydrogen) atoms. The molecule has 3 aliphatic heterocycles. The van der Waals surface area contributed by atoms with Gasteiger partial charge in [-0.3, -0.25) is 51.0 Å². The van der Waals surface area contributed by atoms with E-state index in [1.54, 1.807) is 60.6 Å². The molecule has 4 aromatic rings. The molecule has 3 aliphatic rings. The maximum atomic E-state index is 12.9. The Morgan fingerprint density at radius 1 is 0.658 bits per heavy atom. The smallest absolute Gasteiger partial charge is 0.390 e. The van der Waals surface area contributed by atoms with Crippen LogP contribution in [0.15, 0.2) is 109 Å². The van der Waals surface area contributed by atoms with Gasteiger partial charge in [0.2, 0.25) is 11.6 Å². The minimum atomic E-state index is -6.60. The summed E-state index contributed by atoms with van der Waals surface area (Å²) in [4.78, 5) is 97.8. The summed E-state index contributed by atoms with van der Waals surface area (Å²) in [5.74, 6) is -1.74. The van der Waals surface area contributed by atoms with Crippen molar-refractivity contribution in [2.75, 3.05) is 49.3 Å². The standard InChI is InChI=1S/C56H79N5O39P6S5/c1-37-35-61(54(65)58-53(37)64)51-34-45(62)46(95-51)36-94-102(68,69)97-104(72,73)99-106(76,77)100-105(74,75)98-103(70,71)96-101(66,67)93-28-14-6-5-13-25-57-50(63)19-11-8-12-24-56(4)42-32-38(109(84,85)86)20-22-43(42)59(26-15-29-107(78,79)80)49(56)18-10-7-9-17-48-55(2,3)52-41-31-39(110(87,88)89)33-47(111(90,91)92)40(41)21-23-44(52)60(48)27-16-30-108(81,82)83/h7,9-10,17-18,20-23,31-33,35,45-46,51,62H,5-6,8,11-16,19,24-30,34,36H2,1-4H3,(H12-,57,58,63,64,65,66,67,68,69,70,71,72,73,74,75,76,77,78,79,80,81,82,83,84,85,86,87,88,89,90,91,92)/p+1/t45-,46+,51+,56?/m0/s1. The van der Waals surface area contributed by atoms with E-state index < -0.39 is 177 Å². The summed E-state index contributed by atoms with van der Waals surface area (Å²) in [6.45, 7) is 4.60. The van der Waals surface area contributed by atoms with Gasteiger partial charge in [0.15, 0.2) is 5.71 Å². The minimum Gasteiger partial charge on any atom is -0.390 e. The zero-order valence-electron chi connectivity index (χ0n) is 58.6. The molecule has 0 spiro atoms. The number of amides is 1. The maximum Gasteiger partial charge on any atom is 0.490 e. The third-order valence-electron chi connectivity index (χ3n) is 17.1. The number of carbonyl (C=O) groups excluding carboxylic acids is 1. The fourth-order valence-electron chi connectivity index (χ4n) is 12.4. The van der Waals surface area contributed by atoms with Gasteiger partial charge in [0, 0.05) is 84.0 Å². The highest BCUT2D eigenvalue weighted by Crippen LogP contribution is 2.75. The number of nitrogens with zero attached hydrogens (tertiary/aromatic N) is 3. The number of aryl methyl sites for hydroxylation is 1. The van der Waals surface area contributed by atoms with Gasteiger partial charge < -0.3 is 49.4 Å². The van der Waals surface area contributed by atoms with Crippen LogP contribution in [0.4, 0.5) is 11.4 Å². The number of benzene rings is 3. The average Bonchev–Trinajstić information content (AvgIpc) is 1.58. The Kier molecular flexibility index (Phi) is 30.2. The Hall–Kier alpha value is -4.91. The summed E-state index contributed by atoms with van der Waals surface area (Å²) in [6.07, 6.45) is 6.13. The number of phosphoric ester groups is 2. The Morgan fingerprint density at radius 2 is 1.23 bits per heavy atom. The number of aliphatic hydroxyl groups excluding tert-OH is 1. The lowest BCUT2D eigenvalue weighted by Crippen LogP contribution is -2.33. The van der Waals surface area contributed by atoms with Crippen LogP contribution < -0.4 is 21.5 Å². The average molecular weight is 1790 g/mol. The Bertz CT molecular complexity index is 5420. The normalized spacial score (nSPS) is 22.1. The number of fused-ring (bicyclic) bond motifs is 4. The second kappa shape index (κ2) is 35.9. The Morgan fingerprint density at radius 3 is 1.81 bits per heavy atom. The molecule has 1 amide bonds. The number of allylic oxidation sites excluding steroid dienone is 6. The molecule has 1 fully saturated rings. The van der Waals surface area contributed by atoms with Gasteiger partial charge in [0.25, 0.3) is 56.1 Å². The summed E-state index contributed by atoms with van der Waals surface area (Å²) < 4.78 is 283. The van der Waals surface area contributed by atoms with Crippen molar-refractivity contribution in [2.45, 2.75) is 149 Å². The number of rotatable bonds is 42. The molecule has 14 N–H and O–H groups in total. The topological polar surface area (TPSA) is 680 Å². The number of anilines is 1. The molecule has 55 heteroatoms. The van der Waals surface area contributed by atoms with Gasteiger partial charge in [-0.1, -0.05) is 43.9 Å². The van der Waals surface area contributed by atoms with Crippen LogP contribution in [0.1, 0.15) is 121 Å². The summed E-state index contributed by atoms with van der Waals surface area (Å²) in [5, 5.41) is 12.9. The van der Waals surface area contributed by atoms with Gasteiger partial charge in [0.1, 0.15) is 23.8 Å². The second-order valence-corrected chi connectivity index (χ2v) is 42.7. The van der Waals surface area contributed by atoms with Crippen molar-refractivity contribution in [3.8, 4) is 0 Å². The third kappa shape index (κ3) is 26.3. The highest BCUT2D eigenvalue weighted by atomic mass is 32.2. The molecule has 1 aromatic heterocycles. The van der Waals surface area contributed by atoms with E-state index in [0.717, 1.165) is 22.9 Å². The third-order valence-corrected chi connectivity index (χ3v) is 30.5. The van der Waals surface area contributed by atoms with Crippen molar-refractivity contribution in [1.82, 2.24) is 14.9 Å². The van der Waals surface area contributed by atoms with E-state index >= 15 is 0 Å². The van der Waals surface area contributed by atoms with Crippen LogP contribution in [0.3, 0.4) is 0 Å². The molecule has 0 radical (unpaired) electrons. The first-order valence-electron chi connectivity index (χ1n) is 32.6. The molecule has 4 heterocycles. The van der Waals surface area contributed by atoms with Gasteiger partial charge in [0.05, 0.1) is 46.0 Å². The number of H-pyrrole nitrogens is 1. The first kappa shape index (κ1) is 93.3. The number of nitrogens with one attached hydrogen (secondary N) is 2. The Balaban J connectivity index is 0.908. The highest BCUT2D eigenvalue weighted by Gasteiger charge is 2.52. The zero-order chi connectivity index (χ0) is 83.3. The van der Waals surface area contributed by atoms with Crippen LogP contribution in [0, 0.1) is 6.92 Å². The molecule has 0 bridgehead atoms. The Labute approximate surface area is 634 Å². The number of unbranched alkanes of at least 4 members (excludes halogenated alkanes) is 5. The van der Waals surface area contributed by atoms with Gasteiger partial charge in [-0.25, -0.2) is 32.2 Å². The second-order valence-electron chi connectivity index (χ2n) is 25.9. The predicted octanol–water partition coefficient (Wildman–Crippen LogP) is 6.14. The van der Waals surface area contributed by atoms with Crippen molar-refractivity contribution < 1.29 is 171 Å². The van der Waals surface area contributed by atoms with Gasteiger partial charge >= 0.3 is 52.6 Å². The van der Waals surface area contributed by atoms with Crippen molar-refractivity contribution >= 4 is 131 Å². The number of hydrogen-bond acceptors (Lipinski definition) is 29. The summed E-state index contributed by atoms with van der Waals surface area (Å²) in [5.41, 5.74) is -1.64. The first-order chi connectivity index (χ1) is 50.8. The lowest BCUT2D eigenvalue weighted by molar-refractivity contribution is -0.437. The predicted molar refractivity (Wildman–Crippen MR) is 387 cm³/mol. The summed E-state index contributed by atoms with van der Waals surface area (Å²) >= 11 is 0. The molecular formula is C56H80N5O39P6S5+. The maximum absolute atomic E-state index is 12.9. The molecule has 1 saturated heterocycles.